The summed E-state index contributed by atoms with van der Waals surface area (Å²) in [6.07, 6.45) is 0.334. The van der Waals surface area contributed by atoms with Gasteiger partial charge in [-0.05, 0) is 12.1 Å². The van der Waals surface area contributed by atoms with E-state index in [9.17, 15) is 14.4 Å². The predicted molar refractivity (Wildman–Crippen MR) is 60.4 cm³/mol. The number of amides is 1. The van der Waals surface area contributed by atoms with E-state index in [1.54, 1.807) is 19.1 Å². The van der Waals surface area contributed by atoms with Crippen molar-refractivity contribution in [3.05, 3.63) is 30.1 Å². The lowest BCUT2D eigenvalue weighted by Gasteiger charge is -2.25. The molecule has 6 nitrogen and oxygen atoms in total. The van der Waals surface area contributed by atoms with E-state index < -0.39 is 24.0 Å². The zero-order chi connectivity index (χ0) is 13.1. The minimum absolute atomic E-state index is 0.0754. The Labute approximate surface area is 103 Å². The molecular weight excluding hydrogens is 236 g/mol. The van der Waals surface area contributed by atoms with Gasteiger partial charge in [-0.1, -0.05) is 13.0 Å². The zero-order valence-corrected chi connectivity index (χ0v) is 9.75. The van der Waals surface area contributed by atoms with E-state index in [2.05, 4.69) is 10.3 Å². The second-order valence-electron chi connectivity index (χ2n) is 4.08. The molecule has 2 atom stereocenters. The van der Waals surface area contributed by atoms with Crippen LogP contribution in [0.25, 0.3) is 0 Å². The summed E-state index contributed by atoms with van der Waals surface area (Å²) in [6.45, 7) is 1.61. The number of ketones is 1. The summed E-state index contributed by atoms with van der Waals surface area (Å²) in [5.41, 5.74) is 0.167. The summed E-state index contributed by atoms with van der Waals surface area (Å²) in [4.78, 5) is 38.5. The normalized spacial score (nSPS) is 23.4. The first-order valence-electron chi connectivity index (χ1n) is 5.53. The number of aromatic nitrogens is 1. The van der Waals surface area contributed by atoms with Gasteiger partial charge >= 0.3 is 5.97 Å². The maximum Gasteiger partial charge on any atom is 0.311 e. The number of rotatable bonds is 2. The molecule has 94 valence electrons. The number of carbonyl (C=O) groups is 3. The van der Waals surface area contributed by atoms with Crippen LogP contribution in [0.2, 0.25) is 0 Å². The summed E-state index contributed by atoms with van der Waals surface area (Å²) < 4.78 is 4.85. The number of hydrogen-bond acceptors (Lipinski definition) is 5. The molecule has 2 unspecified atom stereocenters. The van der Waals surface area contributed by atoms with Gasteiger partial charge < -0.3 is 10.1 Å². The van der Waals surface area contributed by atoms with Gasteiger partial charge in [0, 0.05) is 12.6 Å². The van der Waals surface area contributed by atoms with Crippen molar-refractivity contribution in [2.75, 3.05) is 0 Å². The van der Waals surface area contributed by atoms with E-state index in [4.69, 9.17) is 4.74 Å². The van der Waals surface area contributed by atoms with E-state index in [0.29, 0.717) is 0 Å². The molecule has 1 aromatic rings. The van der Waals surface area contributed by atoms with Crippen LogP contribution in [-0.4, -0.2) is 28.9 Å². The van der Waals surface area contributed by atoms with Crippen LogP contribution in [0.15, 0.2) is 24.4 Å². The van der Waals surface area contributed by atoms with Crippen molar-refractivity contribution in [1.82, 2.24) is 10.3 Å². The van der Waals surface area contributed by atoms with Crippen molar-refractivity contribution in [3.8, 4) is 0 Å². The van der Waals surface area contributed by atoms with Gasteiger partial charge in [0.05, 0.1) is 5.92 Å². The first-order chi connectivity index (χ1) is 8.58. The molecule has 1 aliphatic rings. The molecule has 1 fully saturated rings. The van der Waals surface area contributed by atoms with Crippen LogP contribution in [0.5, 0.6) is 0 Å². The van der Waals surface area contributed by atoms with Crippen LogP contribution in [-0.2, 0) is 14.3 Å². The SMILES string of the molecule is CC1CC(=O)C(NC(=O)c2ccccn2)OC1=O. The second-order valence-corrected chi connectivity index (χ2v) is 4.08. The third-order valence-electron chi connectivity index (χ3n) is 2.60. The van der Waals surface area contributed by atoms with Crippen molar-refractivity contribution < 1.29 is 19.1 Å². The van der Waals surface area contributed by atoms with Crippen LogP contribution >= 0.6 is 0 Å². The molecule has 0 saturated carbocycles. The van der Waals surface area contributed by atoms with Crippen molar-refractivity contribution in [2.45, 2.75) is 19.6 Å². The third-order valence-corrected chi connectivity index (χ3v) is 2.60. The Kier molecular flexibility index (Phi) is 3.36. The number of ether oxygens (including phenoxy) is 1. The standard InChI is InChI=1S/C12H12N2O4/c1-7-6-9(15)11(18-12(7)17)14-10(16)8-4-2-3-5-13-8/h2-5,7,11H,6H2,1H3,(H,14,16). The van der Waals surface area contributed by atoms with Crippen molar-refractivity contribution in [3.63, 3.8) is 0 Å². The quantitative estimate of drug-likeness (QED) is 0.760. The minimum atomic E-state index is -1.21. The number of hydrogen-bond donors (Lipinski definition) is 1. The highest BCUT2D eigenvalue weighted by Crippen LogP contribution is 2.15. The van der Waals surface area contributed by atoms with Gasteiger partial charge in [0.15, 0.2) is 5.78 Å². The Morgan fingerprint density at radius 1 is 1.44 bits per heavy atom. The first kappa shape index (κ1) is 12.2. The molecular formula is C12H12N2O4. The number of cyclic esters (lactones) is 1. The Hall–Kier alpha value is -2.24. The molecule has 6 heteroatoms. The fourth-order valence-electron chi connectivity index (χ4n) is 1.59. The molecule has 0 radical (unpaired) electrons. The summed E-state index contributed by atoms with van der Waals surface area (Å²) >= 11 is 0. The van der Waals surface area contributed by atoms with Gasteiger partial charge in [0.25, 0.3) is 5.91 Å². The van der Waals surface area contributed by atoms with E-state index in [1.807, 2.05) is 0 Å². The third kappa shape index (κ3) is 2.53. The average molecular weight is 248 g/mol. The van der Waals surface area contributed by atoms with E-state index in [-0.39, 0.29) is 17.9 Å². The number of nitrogens with zero attached hydrogens (tertiary/aromatic N) is 1. The Morgan fingerprint density at radius 3 is 2.89 bits per heavy atom. The Balaban J connectivity index is 2.04. The molecule has 1 aromatic heterocycles. The van der Waals surface area contributed by atoms with Gasteiger partial charge in [-0.25, -0.2) is 0 Å². The van der Waals surface area contributed by atoms with Gasteiger partial charge in [0.1, 0.15) is 5.69 Å². The van der Waals surface area contributed by atoms with Gasteiger partial charge in [-0.3, -0.25) is 19.4 Å². The maximum atomic E-state index is 11.7. The molecule has 1 N–H and O–H groups in total. The van der Waals surface area contributed by atoms with Crippen molar-refractivity contribution >= 4 is 17.7 Å². The van der Waals surface area contributed by atoms with Crippen LogP contribution < -0.4 is 5.32 Å². The van der Waals surface area contributed by atoms with Crippen LogP contribution in [0.1, 0.15) is 23.8 Å². The molecule has 0 spiro atoms. The molecule has 2 heterocycles. The number of pyridine rings is 1. The maximum absolute atomic E-state index is 11.7. The van der Waals surface area contributed by atoms with E-state index in [0.717, 1.165) is 0 Å². The molecule has 18 heavy (non-hydrogen) atoms. The van der Waals surface area contributed by atoms with Crippen LogP contribution in [0.3, 0.4) is 0 Å². The first-order valence-corrected chi connectivity index (χ1v) is 5.53. The molecule has 0 bridgehead atoms. The highest BCUT2D eigenvalue weighted by Gasteiger charge is 2.35. The number of nitrogens with one attached hydrogen (secondary N) is 1. The summed E-state index contributed by atoms with van der Waals surface area (Å²) in [6, 6.07) is 4.83. The highest BCUT2D eigenvalue weighted by atomic mass is 16.6. The van der Waals surface area contributed by atoms with Gasteiger partial charge in [-0.15, -0.1) is 0 Å². The topological polar surface area (TPSA) is 85.4 Å². The molecule has 1 saturated heterocycles. The summed E-state index contributed by atoms with van der Waals surface area (Å²) in [7, 11) is 0. The highest BCUT2D eigenvalue weighted by molar-refractivity contribution is 5.98. The number of Topliss-reactive ketones (excluding diaryl/α,β-unsaturated/α-hetero) is 1. The fourth-order valence-corrected chi connectivity index (χ4v) is 1.59. The molecule has 0 aromatic carbocycles. The van der Waals surface area contributed by atoms with Crippen LogP contribution in [0.4, 0.5) is 0 Å². The molecule has 1 aliphatic heterocycles. The molecule has 0 aliphatic carbocycles. The second kappa shape index (κ2) is 4.95. The average Bonchev–Trinajstić information content (AvgIpc) is 2.37. The van der Waals surface area contributed by atoms with Crippen molar-refractivity contribution in [1.29, 1.82) is 0 Å². The Morgan fingerprint density at radius 2 is 2.22 bits per heavy atom. The van der Waals surface area contributed by atoms with Gasteiger partial charge in [0.2, 0.25) is 6.23 Å². The monoisotopic (exact) mass is 248 g/mol. The Bertz CT molecular complexity index is 486. The number of carbonyl (C=O) groups excluding carboxylic acids is 3. The number of esters is 1. The fraction of sp³-hybridized carbons (Fsp3) is 0.333. The van der Waals surface area contributed by atoms with E-state index in [1.165, 1.54) is 12.3 Å². The van der Waals surface area contributed by atoms with Gasteiger partial charge in [-0.2, -0.15) is 0 Å². The van der Waals surface area contributed by atoms with E-state index >= 15 is 0 Å². The lowest BCUT2D eigenvalue weighted by atomic mass is 10.0. The van der Waals surface area contributed by atoms with Crippen molar-refractivity contribution in [2.24, 2.45) is 5.92 Å². The zero-order valence-electron chi connectivity index (χ0n) is 9.75. The molecule has 1 amide bonds. The molecule has 2 rings (SSSR count). The minimum Gasteiger partial charge on any atom is -0.434 e. The summed E-state index contributed by atoms with van der Waals surface area (Å²) in [5.74, 6) is -1.80. The largest absolute Gasteiger partial charge is 0.434 e. The summed E-state index contributed by atoms with van der Waals surface area (Å²) in [5, 5.41) is 2.34. The smallest absolute Gasteiger partial charge is 0.311 e. The predicted octanol–water partition coefficient (Wildman–Crippen LogP) is 0.290. The lowest BCUT2D eigenvalue weighted by molar-refractivity contribution is -0.167. The van der Waals surface area contributed by atoms with Crippen LogP contribution in [0, 0.1) is 5.92 Å². The lowest BCUT2D eigenvalue weighted by Crippen LogP contribution is -2.49.